The maximum atomic E-state index is 10.1. The fraction of sp³-hybridized carbons (Fsp3) is 0.231. The summed E-state index contributed by atoms with van der Waals surface area (Å²) in [5.41, 5.74) is 1.87. The van der Waals surface area contributed by atoms with Gasteiger partial charge in [0.15, 0.2) is 0 Å². The van der Waals surface area contributed by atoms with Crippen molar-refractivity contribution in [3.8, 4) is 0 Å². The summed E-state index contributed by atoms with van der Waals surface area (Å²) < 4.78 is 0. The van der Waals surface area contributed by atoms with Crippen molar-refractivity contribution >= 4 is 34.5 Å². The molecule has 0 bridgehead atoms. The Morgan fingerprint density at radius 1 is 1.28 bits per heavy atom. The van der Waals surface area contributed by atoms with Crippen molar-refractivity contribution in [3.63, 3.8) is 0 Å². The van der Waals surface area contributed by atoms with E-state index in [4.69, 9.17) is 23.2 Å². The maximum absolute atomic E-state index is 10.1. The van der Waals surface area contributed by atoms with E-state index < -0.39 is 6.10 Å². The average Bonchev–Trinajstić information content (AvgIpc) is 2.85. The lowest BCUT2D eigenvalue weighted by molar-refractivity contribution is 0.174. The molecule has 2 N–H and O–H groups in total. The van der Waals surface area contributed by atoms with Gasteiger partial charge in [-0.25, -0.2) is 0 Å². The van der Waals surface area contributed by atoms with Gasteiger partial charge in [-0.15, -0.1) is 0 Å². The van der Waals surface area contributed by atoms with E-state index in [1.807, 2.05) is 5.38 Å². The second-order valence-corrected chi connectivity index (χ2v) is 5.57. The van der Waals surface area contributed by atoms with Crippen LogP contribution in [0.25, 0.3) is 0 Å². The highest BCUT2D eigenvalue weighted by Gasteiger charge is 2.11. The summed E-state index contributed by atoms with van der Waals surface area (Å²) in [5.74, 6) is 0. The number of benzene rings is 1. The van der Waals surface area contributed by atoms with E-state index in [-0.39, 0.29) is 0 Å². The summed E-state index contributed by atoms with van der Waals surface area (Å²) in [7, 11) is 0. The van der Waals surface area contributed by atoms with Gasteiger partial charge in [-0.3, -0.25) is 0 Å². The SMILES string of the molecule is OC(CNCc1ccsc1)c1cc(Cl)ccc1Cl. The van der Waals surface area contributed by atoms with E-state index in [0.29, 0.717) is 22.2 Å². The predicted octanol–water partition coefficient (Wildman–Crippen LogP) is 3.88. The number of nitrogens with one attached hydrogen (secondary N) is 1. The zero-order chi connectivity index (χ0) is 13.0. The molecule has 0 aliphatic heterocycles. The molecule has 0 saturated heterocycles. The smallest absolute Gasteiger partial charge is 0.0929 e. The largest absolute Gasteiger partial charge is 0.387 e. The van der Waals surface area contributed by atoms with E-state index in [2.05, 4.69) is 16.8 Å². The molecular weight excluding hydrogens is 289 g/mol. The van der Waals surface area contributed by atoms with Crippen molar-refractivity contribution < 1.29 is 5.11 Å². The first-order valence-electron chi connectivity index (χ1n) is 5.51. The third-order valence-electron chi connectivity index (χ3n) is 2.56. The van der Waals surface area contributed by atoms with Crippen LogP contribution in [0.5, 0.6) is 0 Å². The molecule has 0 saturated carbocycles. The average molecular weight is 302 g/mol. The van der Waals surface area contributed by atoms with Crippen LogP contribution in [0.3, 0.4) is 0 Å². The van der Waals surface area contributed by atoms with Crippen molar-refractivity contribution in [1.82, 2.24) is 5.32 Å². The van der Waals surface area contributed by atoms with Crippen LogP contribution in [-0.4, -0.2) is 11.7 Å². The van der Waals surface area contributed by atoms with Gasteiger partial charge in [0.1, 0.15) is 0 Å². The highest BCUT2D eigenvalue weighted by Crippen LogP contribution is 2.26. The summed E-state index contributed by atoms with van der Waals surface area (Å²) in [4.78, 5) is 0. The summed E-state index contributed by atoms with van der Waals surface area (Å²) in [6.45, 7) is 1.18. The summed E-state index contributed by atoms with van der Waals surface area (Å²) in [6.07, 6.45) is -0.658. The Hall–Kier alpha value is -0.580. The number of hydrogen-bond donors (Lipinski definition) is 2. The first-order chi connectivity index (χ1) is 8.66. The van der Waals surface area contributed by atoms with Gasteiger partial charge in [0.2, 0.25) is 0 Å². The molecule has 1 aromatic heterocycles. The van der Waals surface area contributed by atoms with Crippen LogP contribution in [0, 0.1) is 0 Å². The predicted molar refractivity (Wildman–Crippen MR) is 77.4 cm³/mol. The molecule has 2 nitrogen and oxygen atoms in total. The Morgan fingerprint density at radius 2 is 2.11 bits per heavy atom. The maximum Gasteiger partial charge on any atom is 0.0929 e. The molecule has 0 fully saturated rings. The van der Waals surface area contributed by atoms with Gasteiger partial charge in [-0.2, -0.15) is 11.3 Å². The first kappa shape index (κ1) is 13.8. The Kier molecular flexibility index (Phi) is 5.03. The third kappa shape index (κ3) is 3.70. The number of hydrogen-bond acceptors (Lipinski definition) is 3. The van der Waals surface area contributed by atoms with Crippen LogP contribution >= 0.6 is 34.5 Å². The van der Waals surface area contributed by atoms with E-state index >= 15 is 0 Å². The van der Waals surface area contributed by atoms with E-state index in [9.17, 15) is 5.11 Å². The lowest BCUT2D eigenvalue weighted by Crippen LogP contribution is -2.21. The monoisotopic (exact) mass is 301 g/mol. The highest BCUT2D eigenvalue weighted by molar-refractivity contribution is 7.07. The van der Waals surface area contributed by atoms with Crippen LogP contribution in [0.4, 0.5) is 0 Å². The van der Waals surface area contributed by atoms with Crippen LogP contribution in [0.15, 0.2) is 35.0 Å². The lowest BCUT2D eigenvalue weighted by Gasteiger charge is -2.13. The van der Waals surface area contributed by atoms with Gasteiger partial charge >= 0.3 is 0 Å². The zero-order valence-electron chi connectivity index (χ0n) is 9.57. The molecule has 96 valence electrons. The van der Waals surface area contributed by atoms with Crippen molar-refractivity contribution in [1.29, 1.82) is 0 Å². The van der Waals surface area contributed by atoms with Crippen LogP contribution in [0.2, 0.25) is 10.0 Å². The van der Waals surface area contributed by atoms with Gasteiger partial charge in [-0.05, 0) is 40.6 Å². The molecule has 1 unspecified atom stereocenters. The van der Waals surface area contributed by atoms with Crippen LogP contribution < -0.4 is 5.32 Å². The van der Waals surface area contributed by atoms with Crippen LogP contribution in [0.1, 0.15) is 17.2 Å². The fourth-order valence-corrected chi connectivity index (χ4v) is 2.72. The van der Waals surface area contributed by atoms with Gasteiger partial charge in [0.05, 0.1) is 6.10 Å². The molecule has 1 heterocycles. The Labute approximate surface area is 120 Å². The third-order valence-corrected chi connectivity index (χ3v) is 3.88. The van der Waals surface area contributed by atoms with Crippen molar-refractivity contribution in [2.75, 3.05) is 6.54 Å². The summed E-state index contributed by atoms with van der Waals surface area (Å²) in [5, 5.41) is 18.5. The Morgan fingerprint density at radius 3 is 2.83 bits per heavy atom. The molecule has 2 aromatic rings. The molecule has 2 rings (SSSR count). The minimum atomic E-state index is -0.658. The molecule has 18 heavy (non-hydrogen) atoms. The number of halogens is 2. The molecule has 0 amide bonds. The van der Waals surface area contributed by atoms with E-state index in [0.717, 1.165) is 6.54 Å². The number of thiophene rings is 1. The van der Waals surface area contributed by atoms with Gasteiger partial charge in [-0.1, -0.05) is 23.2 Å². The van der Waals surface area contributed by atoms with Crippen molar-refractivity contribution in [3.05, 3.63) is 56.2 Å². The Balaban J connectivity index is 1.91. The second-order valence-electron chi connectivity index (χ2n) is 3.94. The van der Waals surface area contributed by atoms with Gasteiger partial charge < -0.3 is 10.4 Å². The normalized spacial score (nSPS) is 12.6. The summed E-state index contributed by atoms with van der Waals surface area (Å²) in [6, 6.07) is 7.15. The standard InChI is InChI=1S/C13H13Cl2NOS/c14-10-1-2-12(15)11(5-10)13(17)7-16-6-9-3-4-18-8-9/h1-5,8,13,16-17H,6-7H2. The number of rotatable bonds is 5. The van der Waals surface area contributed by atoms with Gasteiger partial charge in [0, 0.05) is 28.7 Å². The lowest BCUT2D eigenvalue weighted by atomic mass is 10.1. The van der Waals surface area contributed by atoms with Crippen LogP contribution in [-0.2, 0) is 6.54 Å². The van der Waals surface area contributed by atoms with Crippen molar-refractivity contribution in [2.24, 2.45) is 0 Å². The molecule has 1 aromatic carbocycles. The molecule has 0 radical (unpaired) electrons. The molecule has 1 atom stereocenters. The van der Waals surface area contributed by atoms with E-state index in [1.54, 1.807) is 29.5 Å². The highest BCUT2D eigenvalue weighted by atomic mass is 35.5. The quantitative estimate of drug-likeness (QED) is 0.878. The first-order valence-corrected chi connectivity index (χ1v) is 7.21. The second kappa shape index (κ2) is 6.55. The van der Waals surface area contributed by atoms with Crippen molar-refractivity contribution in [2.45, 2.75) is 12.6 Å². The fourth-order valence-electron chi connectivity index (χ4n) is 1.63. The molecule has 0 aliphatic carbocycles. The van der Waals surface area contributed by atoms with Gasteiger partial charge in [0.25, 0.3) is 0 Å². The minimum Gasteiger partial charge on any atom is -0.387 e. The topological polar surface area (TPSA) is 32.3 Å². The Bertz CT molecular complexity index is 502. The number of aliphatic hydroxyl groups is 1. The molecular formula is C13H13Cl2NOS. The number of aliphatic hydroxyl groups excluding tert-OH is 1. The molecule has 0 aliphatic rings. The molecule has 0 spiro atoms. The zero-order valence-corrected chi connectivity index (χ0v) is 11.9. The molecule has 5 heteroatoms. The summed E-state index contributed by atoms with van der Waals surface area (Å²) >= 11 is 13.6. The van der Waals surface area contributed by atoms with E-state index in [1.165, 1.54) is 5.56 Å². The minimum absolute atomic E-state index is 0.440.